The molecule has 0 spiro atoms. The summed E-state index contributed by atoms with van der Waals surface area (Å²) in [7, 11) is 0. The molecule has 1 saturated carbocycles. The van der Waals surface area contributed by atoms with Gasteiger partial charge in [-0.1, -0.05) is 17.7 Å². The van der Waals surface area contributed by atoms with E-state index in [0.717, 1.165) is 24.6 Å². The van der Waals surface area contributed by atoms with E-state index in [1.807, 2.05) is 6.07 Å². The molecule has 3 nitrogen and oxygen atoms in total. The molecule has 1 N–H and O–H groups in total. The van der Waals surface area contributed by atoms with Crippen molar-refractivity contribution in [3.8, 4) is 11.1 Å². The second-order valence-electron chi connectivity index (χ2n) is 4.87. The number of hydrogen-bond donors (Lipinski definition) is 1. The predicted octanol–water partition coefficient (Wildman–Crippen LogP) is 4.12. The molecule has 1 aromatic carbocycles. The Morgan fingerprint density at radius 1 is 1.30 bits per heavy atom. The highest BCUT2D eigenvalue weighted by atomic mass is 35.5. The maximum Gasteiger partial charge on any atom is 0.336 e. The average Bonchev–Trinajstić information content (AvgIpc) is 3.22. The van der Waals surface area contributed by atoms with Crippen molar-refractivity contribution in [3.05, 3.63) is 52.6 Å². The van der Waals surface area contributed by atoms with E-state index in [-0.39, 0.29) is 5.56 Å². The van der Waals surface area contributed by atoms with Crippen molar-refractivity contribution in [2.75, 3.05) is 0 Å². The second kappa shape index (κ2) is 4.87. The van der Waals surface area contributed by atoms with E-state index in [1.54, 1.807) is 6.07 Å². The summed E-state index contributed by atoms with van der Waals surface area (Å²) >= 11 is 6.00. The van der Waals surface area contributed by atoms with E-state index in [1.165, 1.54) is 12.1 Å². The van der Waals surface area contributed by atoms with Gasteiger partial charge in [-0.2, -0.15) is 0 Å². The maximum absolute atomic E-state index is 13.2. The van der Waals surface area contributed by atoms with Gasteiger partial charge in [0.2, 0.25) is 0 Å². The quantitative estimate of drug-likeness (QED) is 0.866. The summed E-state index contributed by atoms with van der Waals surface area (Å²) in [6.45, 7) is 0. The number of nitrogens with zero attached hydrogens (tertiary/aromatic N) is 1. The SMILES string of the molecule is O=C(O)c1cc(F)ccc1-c1cc(Cl)nc(C2CC2)c1. The van der Waals surface area contributed by atoms with Gasteiger partial charge in [-0.15, -0.1) is 0 Å². The summed E-state index contributed by atoms with van der Waals surface area (Å²) in [5.41, 5.74) is 1.90. The molecule has 1 aromatic heterocycles. The van der Waals surface area contributed by atoms with Crippen LogP contribution < -0.4 is 0 Å². The number of rotatable bonds is 3. The number of pyridine rings is 1. The van der Waals surface area contributed by atoms with Crippen LogP contribution >= 0.6 is 11.6 Å². The second-order valence-corrected chi connectivity index (χ2v) is 5.26. The first-order valence-corrected chi connectivity index (χ1v) is 6.63. The monoisotopic (exact) mass is 291 g/mol. The Bertz CT molecular complexity index is 698. The molecule has 0 saturated heterocycles. The van der Waals surface area contributed by atoms with E-state index in [9.17, 15) is 14.3 Å². The maximum atomic E-state index is 13.2. The lowest BCUT2D eigenvalue weighted by Crippen LogP contribution is -2.01. The zero-order valence-corrected chi connectivity index (χ0v) is 11.2. The summed E-state index contributed by atoms with van der Waals surface area (Å²) in [5, 5.41) is 9.52. The number of benzene rings is 1. The van der Waals surface area contributed by atoms with Crippen LogP contribution in [0.2, 0.25) is 5.15 Å². The first-order chi connectivity index (χ1) is 9.54. The van der Waals surface area contributed by atoms with E-state index in [0.29, 0.717) is 22.2 Å². The Balaban J connectivity index is 2.15. The number of carboxylic acids is 1. The summed E-state index contributed by atoms with van der Waals surface area (Å²) in [6, 6.07) is 7.16. The smallest absolute Gasteiger partial charge is 0.336 e. The number of aromatic carboxylic acids is 1. The fourth-order valence-electron chi connectivity index (χ4n) is 2.21. The van der Waals surface area contributed by atoms with Crippen LogP contribution in [0.15, 0.2) is 30.3 Å². The standard InChI is InChI=1S/C15H11ClFNO2/c16-14-6-9(5-13(18-14)8-1-2-8)11-4-3-10(17)7-12(11)15(19)20/h3-8H,1-2H2,(H,19,20). The van der Waals surface area contributed by atoms with E-state index < -0.39 is 11.8 Å². The first kappa shape index (κ1) is 13.1. The Kier molecular flexibility index (Phi) is 3.18. The molecular weight excluding hydrogens is 281 g/mol. The number of halogens is 2. The highest BCUT2D eigenvalue weighted by molar-refractivity contribution is 6.29. The zero-order valence-electron chi connectivity index (χ0n) is 10.4. The fraction of sp³-hybridized carbons (Fsp3) is 0.200. The molecule has 1 aliphatic carbocycles. The van der Waals surface area contributed by atoms with Crippen LogP contribution in [0.1, 0.15) is 34.8 Å². The highest BCUT2D eigenvalue weighted by Crippen LogP contribution is 2.41. The number of hydrogen-bond acceptors (Lipinski definition) is 2. The van der Waals surface area contributed by atoms with Crippen LogP contribution in [0.3, 0.4) is 0 Å². The molecule has 1 aliphatic rings. The molecule has 1 fully saturated rings. The van der Waals surface area contributed by atoms with Crippen LogP contribution in [0, 0.1) is 5.82 Å². The predicted molar refractivity (Wildman–Crippen MR) is 73.6 cm³/mol. The third-order valence-corrected chi connectivity index (χ3v) is 3.53. The minimum atomic E-state index is -1.17. The number of aromatic nitrogens is 1. The van der Waals surface area contributed by atoms with Gasteiger partial charge in [-0.05, 0) is 48.2 Å². The summed E-state index contributed by atoms with van der Waals surface area (Å²) in [4.78, 5) is 15.5. The van der Waals surface area contributed by atoms with Gasteiger partial charge in [-0.25, -0.2) is 14.2 Å². The van der Waals surface area contributed by atoms with Gasteiger partial charge >= 0.3 is 5.97 Å². The van der Waals surface area contributed by atoms with Crippen LogP contribution in [-0.2, 0) is 0 Å². The minimum Gasteiger partial charge on any atom is -0.478 e. The lowest BCUT2D eigenvalue weighted by Gasteiger charge is -2.09. The Morgan fingerprint density at radius 3 is 2.70 bits per heavy atom. The van der Waals surface area contributed by atoms with Gasteiger partial charge in [0.15, 0.2) is 0 Å². The van der Waals surface area contributed by atoms with Crippen molar-refractivity contribution in [2.24, 2.45) is 0 Å². The van der Waals surface area contributed by atoms with Crippen molar-refractivity contribution in [1.82, 2.24) is 4.98 Å². The van der Waals surface area contributed by atoms with Gasteiger partial charge in [0.1, 0.15) is 11.0 Å². The van der Waals surface area contributed by atoms with Gasteiger partial charge in [-0.3, -0.25) is 0 Å². The molecule has 0 radical (unpaired) electrons. The van der Waals surface area contributed by atoms with Gasteiger partial charge in [0.05, 0.1) is 5.56 Å². The van der Waals surface area contributed by atoms with Crippen LogP contribution in [0.25, 0.3) is 11.1 Å². The molecule has 102 valence electrons. The normalized spacial score (nSPS) is 14.3. The molecule has 5 heteroatoms. The van der Waals surface area contributed by atoms with Crippen molar-refractivity contribution in [2.45, 2.75) is 18.8 Å². The summed E-state index contributed by atoms with van der Waals surface area (Å²) < 4.78 is 13.2. The molecule has 20 heavy (non-hydrogen) atoms. The molecule has 3 rings (SSSR count). The van der Waals surface area contributed by atoms with E-state index in [4.69, 9.17) is 11.6 Å². The Morgan fingerprint density at radius 2 is 2.05 bits per heavy atom. The largest absolute Gasteiger partial charge is 0.478 e. The third kappa shape index (κ3) is 2.51. The van der Waals surface area contributed by atoms with Crippen molar-refractivity contribution in [1.29, 1.82) is 0 Å². The van der Waals surface area contributed by atoms with E-state index in [2.05, 4.69) is 4.98 Å². The molecule has 0 amide bonds. The Hall–Kier alpha value is -1.94. The lowest BCUT2D eigenvalue weighted by atomic mass is 9.99. The van der Waals surface area contributed by atoms with Gasteiger partial charge in [0.25, 0.3) is 0 Å². The molecule has 0 aliphatic heterocycles. The molecule has 1 heterocycles. The molecular formula is C15H11ClFNO2. The number of carbonyl (C=O) groups is 1. The van der Waals surface area contributed by atoms with Gasteiger partial charge in [0, 0.05) is 11.6 Å². The summed E-state index contributed by atoms with van der Waals surface area (Å²) in [5.74, 6) is -1.34. The Labute approximate surface area is 120 Å². The third-order valence-electron chi connectivity index (χ3n) is 3.33. The van der Waals surface area contributed by atoms with Crippen molar-refractivity contribution < 1.29 is 14.3 Å². The topological polar surface area (TPSA) is 50.2 Å². The molecule has 0 bridgehead atoms. The van der Waals surface area contributed by atoms with Crippen molar-refractivity contribution in [3.63, 3.8) is 0 Å². The summed E-state index contributed by atoms with van der Waals surface area (Å²) in [6.07, 6.45) is 2.14. The van der Waals surface area contributed by atoms with Gasteiger partial charge < -0.3 is 5.11 Å². The van der Waals surface area contributed by atoms with Crippen LogP contribution in [-0.4, -0.2) is 16.1 Å². The molecule has 0 unspecified atom stereocenters. The van der Waals surface area contributed by atoms with Crippen LogP contribution in [0.4, 0.5) is 4.39 Å². The first-order valence-electron chi connectivity index (χ1n) is 6.25. The average molecular weight is 292 g/mol. The molecule has 2 aromatic rings. The zero-order chi connectivity index (χ0) is 14.3. The minimum absolute atomic E-state index is 0.0750. The van der Waals surface area contributed by atoms with E-state index >= 15 is 0 Å². The number of carboxylic acid groups (broad SMARTS) is 1. The highest BCUT2D eigenvalue weighted by Gasteiger charge is 2.26. The van der Waals surface area contributed by atoms with Crippen LogP contribution in [0.5, 0.6) is 0 Å². The van der Waals surface area contributed by atoms with Crippen molar-refractivity contribution >= 4 is 17.6 Å². The fourth-order valence-corrected chi connectivity index (χ4v) is 2.42. The molecule has 0 atom stereocenters. The lowest BCUT2D eigenvalue weighted by molar-refractivity contribution is 0.0697.